The van der Waals surface area contributed by atoms with Gasteiger partial charge in [0.15, 0.2) is 12.0 Å². The highest BCUT2D eigenvalue weighted by Crippen LogP contribution is 2.28. The van der Waals surface area contributed by atoms with E-state index in [2.05, 4.69) is 15.2 Å². The van der Waals surface area contributed by atoms with Crippen LogP contribution in [0.1, 0.15) is 32.8 Å². The highest BCUT2D eigenvalue weighted by Gasteiger charge is 2.27. The third-order valence-corrected chi connectivity index (χ3v) is 4.95. The number of amidine groups is 1. The molecule has 0 radical (unpaired) electrons. The first-order valence-corrected chi connectivity index (χ1v) is 10.5. The Balaban J connectivity index is 2.21. The molecule has 7 nitrogen and oxygen atoms in total. The van der Waals surface area contributed by atoms with Crippen LogP contribution in [0.4, 0.5) is 19.3 Å². The molecular weight excluding hydrogens is 414 g/mol. The summed E-state index contributed by atoms with van der Waals surface area (Å²) in [4.78, 5) is 21.6. The Bertz CT molecular complexity index is 904. The van der Waals surface area contributed by atoms with Crippen molar-refractivity contribution in [1.29, 1.82) is 5.26 Å². The van der Waals surface area contributed by atoms with E-state index in [0.29, 0.717) is 37.7 Å². The van der Waals surface area contributed by atoms with Gasteiger partial charge in [0.1, 0.15) is 0 Å². The molecule has 172 valence electrons. The molecule has 2 amide bonds. The maximum Gasteiger partial charge on any atom is 0.333 e. The number of nitrogens with zero attached hydrogens (tertiary/aromatic N) is 5. The van der Waals surface area contributed by atoms with E-state index in [4.69, 9.17) is 5.26 Å². The lowest BCUT2D eigenvalue weighted by Gasteiger charge is -2.37. The minimum atomic E-state index is -2.89. The SMILES string of the molecule is C\C=C/N=C(\C(=C\CC)Nc1ccc(C(C)(F)F)cc1)N1CCN(C(=O)N(C)C#N)CC1. The van der Waals surface area contributed by atoms with Gasteiger partial charge in [0.2, 0.25) is 0 Å². The summed E-state index contributed by atoms with van der Waals surface area (Å²) in [5, 5.41) is 12.2. The van der Waals surface area contributed by atoms with E-state index in [1.165, 1.54) is 19.2 Å². The lowest BCUT2D eigenvalue weighted by Crippen LogP contribution is -2.53. The monoisotopic (exact) mass is 444 g/mol. The average molecular weight is 445 g/mol. The summed E-state index contributed by atoms with van der Waals surface area (Å²) in [6.45, 7) is 6.76. The second-order valence-electron chi connectivity index (χ2n) is 7.47. The van der Waals surface area contributed by atoms with Crippen LogP contribution >= 0.6 is 0 Å². The lowest BCUT2D eigenvalue weighted by atomic mass is 10.1. The first kappa shape index (κ1) is 24.9. The van der Waals surface area contributed by atoms with Crippen LogP contribution in [0.25, 0.3) is 0 Å². The van der Waals surface area contributed by atoms with Crippen LogP contribution in [0.5, 0.6) is 0 Å². The molecule has 0 aliphatic carbocycles. The van der Waals surface area contributed by atoms with Crippen molar-refractivity contribution < 1.29 is 13.6 Å². The standard InChI is InChI=1S/C23H30F2N6O/c1-5-7-20(28-19-10-8-18(9-11-19)23(3,24)25)21(27-12-6-2)30-13-15-31(16-14-30)22(32)29(4)17-26/h6-12,28H,5,13-16H2,1-4H3/b12-6-,20-7-,27-21+. The number of urea groups is 1. The Morgan fingerprint density at radius 1 is 1.25 bits per heavy atom. The fourth-order valence-electron chi connectivity index (χ4n) is 3.24. The Morgan fingerprint density at radius 3 is 2.34 bits per heavy atom. The minimum absolute atomic E-state index is 0.0463. The molecule has 1 aliphatic heterocycles. The summed E-state index contributed by atoms with van der Waals surface area (Å²) >= 11 is 0. The van der Waals surface area contributed by atoms with Gasteiger partial charge in [-0.1, -0.05) is 31.2 Å². The van der Waals surface area contributed by atoms with Crippen LogP contribution in [0.2, 0.25) is 0 Å². The molecule has 0 spiro atoms. The first-order valence-electron chi connectivity index (χ1n) is 10.5. The largest absolute Gasteiger partial charge is 0.353 e. The Hall–Kier alpha value is -3.41. The number of anilines is 1. The topological polar surface area (TPSA) is 75.0 Å². The number of benzene rings is 1. The molecule has 0 aromatic heterocycles. The number of carbonyl (C=O) groups is 1. The van der Waals surface area contributed by atoms with Crippen molar-refractivity contribution in [2.75, 3.05) is 38.5 Å². The molecule has 9 heteroatoms. The van der Waals surface area contributed by atoms with Crippen LogP contribution in [-0.2, 0) is 5.92 Å². The van der Waals surface area contributed by atoms with Gasteiger partial charge in [-0.05, 0) is 25.5 Å². The first-order chi connectivity index (χ1) is 15.2. The van der Waals surface area contributed by atoms with E-state index in [9.17, 15) is 13.6 Å². The normalized spacial score (nSPS) is 15.7. The van der Waals surface area contributed by atoms with Crippen LogP contribution in [0.15, 0.2) is 53.3 Å². The minimum Gasteiger partial charge on any atom is -0.353 e. The molecule has 0 unspecified atom stereocenters. The molecular formula is C23H30F2N6O. The summed E-state index contributed by atoms with van der Waals surface area (Å²) in [7, 11) is 1.44. The number of nitrogens with one attached hydrogen (secondary N) is 1. The van der Waals surface area contributed by atoms with E-state index in [0.717, 1.165) is 23.9 Å². The van der Waals surface area contributed by atoms with Crippen LogP contribution in [0, 0.1) is 11.5 Å². The number of hydrogen-bond acceptors (Lipinski definition) is 4. The van der Waals surface area contributed by atoms with Crippen molar-refractivity contribution in [2.24, 2.45) is 4.99 Å². The second-order valence-corrected chi connectivity index (χ2v) is 7.47. The average Bonchev–Trinajstić information content (AvgIpc) is 2.78. The van der Waals surface area contributed by atoms with Gasteiger partial charge in [-0.3, -0.25) is 0 Å². The molecule has 1 aliphatic rings. The number of allylic oxidation sites excluding steroid dienone is 2. The number of carbonyl (C=O) groups excluding carboxylic acids is 1. The van der Waals surface area contributed by atoms with Crippen molar-refractivity contribution >= 4 is 17.6 Å². The fraction of sp³-hybridized carbons (Fsp3) is 0.435. The van der Waals surface area contributed by atoms with Crippen LogP contribution in [-0.4, -0.2) is 59.8 Å². The summed E-state index contributed by atoms with van der Waals surface area (Å²) in [6.07, 6.45) is 8.08. The van der Waals surface area contributed by atoms with Crippen molar-refractivity contribution in [3.63, 3.8) is 0 Å². The van der Waals surface area contributed by atoms with Crippen molar-refractivity contribution in [1.82, 2.24) is 14.7 Å². The maximum atomic E-state index is 13.5. The van der Waals surface area contributed by atoms with Crippen molar-refractivity contribution in [3.05, 3.63) is 53.9 Å². The smallest absolute Gasteiger partial charge is 0.333 e. The second kappa shape index (κ2) is 11.3. The molecule has 1 N–H and O–H groups in total. The van der Waals surface area contributed by atoms with Gasteiger partial charge in [-0.15, -0.1) is 0 Å². The van der Waals surface area contributed by atoms with Gasteiger partial charge >= 0.3 is 6.03 Å². The number of halogens is 2. The highest BCUT2D eigenvalue weighted by molar-refractivity contribution is 6.01. The molecule has 1 aromatic carbocycles. The van der Waals surface area contributed by atoms with Crippen molar-refractivity contribution in [2.45, 2.75) is 33.1 Å². The van der Waals surface area contributed by atoms with Gasteiger partial charge in [0.05, 0.1) is 5.70 Å². The molecule has 1 aromatic rings. The lowest BCUT2D eigenvalue weighted by molar-refractivity contribution is 0.0175. The molecule has 1 heterocycles. The molecule has 1 fully saturated rings. The summed E-state index contributed by atoms with van der Waals surface area (Å²) < 4.78 is 27.1. The summed E-state index contributed by atoms with van der Waals surface area (Å²) in [6, 6.07) is 5.74. The number of rotatable bonds is 6. The summed E-state index contributed by atoms with van der Waals surface area (Å²) in [5.41, 5.74) is 1.39. The Kier molecular flexibility index (Phi) is 8.76. The number of alkyl halides is 2. The number of nitriles is 1. The van der Waals surface area contributed by atoms with Gasteiger partial charge in [-0.25, -0.2) is 23.5 Å². The van der Waals surface area contributed by atoms with E-state index in [1.807, 2.05) is 32.2 Å². The Labute approximate surface area is 188 Å². The number of amides is 2. The predicted octanol–water partition coefficient (Wildman–Crippen LogP) is 4.59. The van der Waals surface area contributed by atoms with Crippen molar-refractivity contribution in [3.8, 4) is 6.19 Å². The molecule has 0 bridgehead atoms. The van der Waals surface area contributed by atoms with Gasteiger partial charge < -0.3 is 15.1 Å². The Morgan fingerprint density at radius 2 is 1.84 bits per heavy atom. The van der Waals surface area contributed by atoms with E-state index < -0.39 is 5.92 Å². The van der Waals surface area contributed by atoms with E-state index in [1.54, 1.807) is 23.2 Å². The molecule has 2 rings (SSSR count). The number of aliphatic imine (C=N–C) groups is 1. The van der Waals surface area contributed by atoms with Crippen LogP contribution in [0.3, 0.4) is 0 Å². The molecule has 0 saturated carbocycles. The molecule has 1 saturated heterocycles. The van der Waals surface area contributed by atoms with Gasteiger partial charge in [-0.2, -0.15) is 5.26 Å². The van der Waals surface area contributed by atoms with E-state index >= 15 is 0 Å². The summed E-state index contributed by atoms with van der Waals surface area (Å²) in [5.74, 6) is -2.19. The fourth-order valence-corrected chi connectivity index (χ4v) is 3.24. The predicted molar refractivity (Wildman–Crippen MR) is 122 cm³/mol. The number of piperazine rings is 1. The van der Waals surface area contributed by atoms with E-state index in [-0.39, 0.29) is 11.6 Å². The molecule has 32 heavy (non-hydrogen) atoms. The van der Waals surface area contributed by atoms with Crippen LogP contribution < -0.4 is 5.32 Å². The third-order valence-electron chi connectivity index (χ3n) is 4.95. The van der Waals surface area contributed by atoms with Gasteiger partial charge in [0, 0.05) is 57.6 Å². The zero-order valence-corrected chi connectivity index (χ0v) is 19.0. The quantitative estimate of drug-likeness (QED) is 0.301. The molecule has 0 atom stereocenters. The van der Waals surface area contributed by atoms with Gasteiger partial charge in [0.25, 0.3) is 5.92 Å². The number of hydrogen-bond donors (Lipinski definition) is 1. The highest BCUT2D eigenvalue weighted by atomic mass is 19.3. The maximum absolute atomic E-state index is 13.5. The zero-order valence-electron chi connectivity index (χ0n) is 19.0. The zero-order chi connectivity index (χ0) is 23.7. The third kappa shape index (κ3) is 6.54.